The van der Waals surface area contributed by atoms with E-state index in [2.05, 4.69) is 36.1 Å². The SMILES string of the molecule is CCc1ccccc1N1C2CCC1CC(N)C2. The number of piperidine rings is 1. The Balaban J connectivity index is 1.94. The normalized spacial score (nSPS) is 31.9. The van der Waals surface area contributed by atoms with Gasteiger partial charge in [-0.1, -0.05) is 25.1 Å². The molecule has 0 spiro atoms. The second-order valence-electron chi connectivity index (χ2n) is 5.51. The highest BCUT2D eigenvalue weighted by atomic mass is 15.2. The van der Waals surface area contributed by atoms with Gasteiger partial charge in [0.25, 0.3) is 0 Å². The average molecular weight is 230 g/mol. The van der Waals surface area contributed by atoms with Gasteiger partial charge >= 0.3 is 0 Å². The van der Waals surface area contributed by atoms with Gasteiger partial charge in [-0.15, -0.1) is 0 Å². The van der Waals surface area contributed by atoms with Crippen molar-refractivity contribution in [1.82, 2.24) is 0 Å². The van der Waals surface area contributed by atoms with E-state index in [4.69, 9.17) is 5.73 Å². The van der Waals surface area contributed by atoms with Gasteiger partial charge < -0.3 is 10.6 Å². The van der Waals surface area contributed by atoms with Crippen molar-refractivity contribution in [1.29, 1.82) is 0 Å². The summed E-state index contributed by atoms with van der Waals surface area (Å²) >= 11 is 0. The van der Waals surface area contributed by atoms with Gasteiger partial charge in [0.15, 0.2) is 0 Å². The molecular weight excluding hydrogens is 208 g/mol. The van der Waals surface area contributed by atoms with Crippen LogP contribution in [0.5, 0.6) is 0 Å². The standard InChI is InChI=1S/C15H22N2/c1-2-11-5-3-4-6-15(11)17-13-7-8-14(17)10-12(16)9-13/h3-6,12-14H,2,7-10,16H2,1H3. The molecule has 0 amide bonds. The molecule has 2 unspecified atom stereocenters. The van der Waals surface area contributed by atoms with E-state index in [1.54, 1.807) is 0 Å². The van der Waals surface area contributed by atoms with Crippen LogP contribution in [0.25, 0.3) is 0 Å². The Morgan fingerprint density at radius 3 is 2.47 bits per heavy atom. The molecule has 2 aliphatic rings. The Kier molecular flexibility index (Phi) is 2.83. The molecule has 1 aromatic rings. The molecule has 0 aromatic heterocycles. The molecule has 2 nitrogen and oxygen atoms in total. The minimum Gasteiger partial charge on any atom is -0.365 e. The molecule has 2 saturated heterocycles. The van der Waals surface area contributed by atoms with Crippen LogP contribution in [0.2, 0.25) is 0 Å². The second-order valence-corrected chi connectivity index (χ2v) is 5.51. The van der Waals surface area contributed by atoms with Crippen molar-refractivity contribution in [2.75, 3.05) is 4.90 Å². The molecule has 1 aromatic carbocycles. The summed E-state index contributed by atoms with van der Waals surface area (Å²) in [6, 6.07) is 10.7. The molecule has 2 N–H and O–H groups in total. The van der Waals surface area contributed by atoms with Crippen LogP contribution >= 0.6 is 0 Å². The summed E-state index contributed by atoms with van der Waals surface area (Å²) in [6.45, 7) is 2.25. The maximum Gasteiger partial charge on any atom is 0.0403 e. The quantitative estimate of drug-likeness (QED) is 0.846. The van der Waals surface area contributed by atoms with E-state index < -0.39 is 0 Å². The van der Waals surface area contributed by atoms with Crippen LogP contribution in [-0.2, 0) is 6.42 Å². The summed E-state index contributed by atoms with van der Waals surface area (Å²) in [5.74, 6) is 0. The van der Waals surface area contributed by atoms with Gasteiger partial charge in [0.1, 0.15) is 0 Å². The van der Waals surface area contributed by atoms with Gasteiger partial charge in [-0.05, 0) is 43.7 Å². The number of benzene rings is 1. The molecule has 2 aliphatic heterocycles. The number of nitrogens with zero attached hydrogens (tertiary/aromatic N) is 1. The smallest absolute Gasteiger partial charge is 0.0403 e. The first kappa shape index (κ1) is 11.1. The molecule has 92 valence electrons. The first-order chi connectivity index (χ1) is 8.29. The third kappa shape index (κ3) is 1.85. The first-order valence-electron chi connectivity index (χ1n) is 6.91. The zero-order chi connectivity index (χ0) is 11.8. The summed E-state index contributed by atoms with van der Waals surface area (Å²) in [7, 11) is 0. The van der Waals surface area contributed by atoms with E-state index in [0.29, 0.717) is 18.1 Å². The Hall–Kier alpha value is -1.02. The molecule has 2 bridgehead atoms. The molecule has 2 atom stereocenters. The third-order valence-corrected chi connectivity index (χ3v) is 4.42. The largest absolute Gasteiger partial charge is 0.365 e. The molecule has 17 heavy (non-hydrogen) atoms. The molecule has 2 heterocycles. The Bertz CT molecular complexity index is 388. The Labute approximate surface area is 104 Å². The lowest BCUT2D eigenvalue weighted by molar-refractivity contribution is 0.414. The molecule has 3 rings (SSSR count). The van der Waals surface area contributed by atoms with Crippen LogP contribution in [-0.4, -0.2) is 18.1 Å². The summed E-state index contributed by atoms with van der Waals surface area (Å²) in [5, 5.41) is 0. The van der Waals surface area contributed by atoms with E-state index in [-0.39, 0.29) is 0 Å². The van der Waals surface area contributed by atoms with Gasteiger partial charge in [-0.3, -0.25) is 0 Å². The molecule has 0 saturated carbocycles. The number of para-hydroxylation sites is 1. The van der Waals surface area contributed by atoms with Crippen molar-refractivity contribution in [2.24, 2.45) is 5.73 Å². The third-order valence-electron chi connectivity index (χ3n) is 4.42. The van der Waals surface area contributed by atoms with Crippen LogP contribution in [0.15, 0.2) is 24.3 Å². The lowest BCUT2D eigenvalue weighted by Gasteiger charge is -2.40. The number of fused-ring (bicyclic) bond motifs is 2. The second kappa shape index (κ2) is 4.34. The number of anilines is 1. The molecule has 2 heteroatoms. The fraction of sp³-hybridized carbons (Fsp3) is 0.600. The summed E-state index contributed by atoms with van der Waals surface area (Å²) in [4.78, 5) is 2.67. The van der Waals surface area contributed by atoms with Crippen LogP contribution in [0.1, 0.15) is 38.2 Å². The predicted octanol–water partition coefficient (Wildman–Crippen LogP) is 2.71. The monoisotopic (exact) mass is 230 g/mol. The van der Waals surface area contributed by atoms with Crippen LogP contribution < -0.4 is 10.6 Å². The fourth-order valence-corrected chi connectivity index (χ4v) is 3.67. The lowest BCUT2D eigenvalue weighted by atomic mass is 9.96. The van der Waals surface area contributed by atoms with Gasteiger partial charge in [0, 0.05) is 23.8 Å². The predicted molar refractivity (Wildman–Crippen MR) is 72.3 cm³/mol. The first-order valence-corrected chi connectivity index (χ1v) is 6.91. The number of hydrogen-bond acceptors (Lipinski definition) is 2. The number of aryl methyl sites for hydroxylation is 1. The lowest BCUT2D eigenvalue weighted by Crippen LogP contribution is -2.47. The maximum atomic E-state index is 6.14. The number of hydrogen-bond donors (Lipinski definition) is 1. The molecule has 0 aliphatic carbocycles. The molecule has 0 radical (unpaired) electrons. The Morgan fingerprint density at radius 1 is 1.18 bits per heavy atom. The summed E-state index contributed by atoms with van der Waals surface area (Å²) < 4.78 is 0. The minimum atomic E-state index is 0.428. The van der Waals surface area contributed by atoms with Gasteiger partial charge in [0.2, 0.25) is 0 Å². The zero-order valence-corrected chi connectivity index (χ0v) is 10.6. The van der Waals surface area contributed by atoms with Gasteiger partial charge in [0.05, 0.1) is 0 Å². The summed E-state index contributed by atoms with van der Waals surface area (Å²) in [5.41, 5.74) is 9.09. The van der Waals surface area contributed by atoms with Crippen LogP contribution in [0.4, 0.5) is 5.69 Å². The van der Waals surface area contributed by atoms with Gasteiger partial charge in [-0.2, -0.15) is 0 Å². The Morgan fingerprint density at radius 2 is 1.82 bits per heavy atom. The van der Waals surface area contributed by atoms with Crippen LogP contribution in [0, 0.1) is 0 Å². The number of nitrogens with two attached hydrogens (primary N) is 1. The van der Waals surface area contributed by atoms with Crippen LogP contribution in [0.3, 0.4) is 0 Å². The van der Waals surface area contributed by atoms with E-state index in [1.807, 2.05) is 0 Å². The van der Waals surface area contributed by atoms with Crippen molar-refractivity contribution in [3.63, 3.8) is 0 Å². The highest BCUT2D eigenvalue weighted by Gasteiger charge is 2.39. The van der Waals surface area contributed by atoms with Crippen molar-refractivity contribution in [3.05, 3.63) is 29.8 Å². The van der Waals surface area contributed by atoms with Crippen molar-refractivity contribution in [3.8, 4) is 0 Å². The summed E-state index contributed by atoms with van der Waals surface area (Å²) in [6.07, 6.45) is 6.13. The van der Waals surface area contributed by atoms with Crippen molar-refractivity contribution in [2.45, 2.75) is 57.2 Å². The average Bonchev–Trinajstić information content (AvgIpc) is 2.61. The molecular formula is C15H22N2. The maximum absolute atomic E-state index is 6.14. The van der Waals surface area contributed by atoms with E-state index in [0.717, 1.165) is 6.42 Å². The zero-order valence-electron chi connectivity index (χ0n) is 10.6. The van der Waals surface area contributed by atoms with E-state index >= 15 is 0 Å². The van der Waals surface area contributed by atoms with E-state index in [1.165, 1.54) is 36.9 Å². The van der Waals surface area contributed by atoms with Crippen molar-refractivity contribution >= 4 is 5.69 Å². The fourth-order valence-electron chi connectivity index (χ4n) is 3.67. The molecule has 2 fully saturated rings. The topological polar surface area (TPSA) is 29.3 Å². The van der Waals surface area contributed by atoms with Gasteiger partial charge in [-0.25, -0.2) is 0 Å². The highest BCUT2D eigenvalue weighted by Crippen LogP contribution is 2.40. The highest BCUT2D eigenvalue weighted by molar-refractivity contribution is 5.56. The van der Waals surface area contributed by atoms with Crippen molar-refractivity contribution < 1.29 is 0 Å². The minimum absolute atomic E-state index is 0.428. The van der Waals surface area contributed by atoms with E-state index in [9.17, 15) is 0 Å². The number of rotatable bonds is 2.